The van der Waals surface area contributed by atoms with Crippen molar-refractivity contribution in [3.8, 4) is 17.0 Å². The number of nitrogens with zero attached hydrogens (tertiary/aromatic N) is 1. The first kappa shape index (κ1) is 17.2. The van der Waals surface area contributed by atoms with Crippen LogP contribution in [0, 0.1) is 6.92 Å². The zero-order valence-electron chi connectivity index (χ0n) is 14.7. The third kappa shape index (κ3) is 3.73. The topological polar surface area (TPSA) is 45.3 Å². The molecule has 3 rings (SSSR count). The summed E-state index contributed by atoms with van der Waals surface area (Å²) in [5, 5.41) is 0. The van der Waals surface area contributed by atoms with Gasteiger partial charge in [0.15, 0.2) is 0 Å². The van der Waals surface area contributed by atoms with Crippen LogP contribution in [0.4, 0.5) is 0 Å². The molecule has 0 saturated heterocycles. The molecule has 2 aromatic rings. The van der Waals surface area contributed by atoms with E-state index in [1.807, 2.05) is 19.1 Å². The number of aryl methyl sites for hydroxylation is 1. The Hall–Kier alpha value is -1.59. The van der Waals surface area contributed by atoms with Gasteiger partial charge in [-0.15, -0.1) is 0 Å². The predicted octanol–water partition coefficient (Wildman–Crippen LogP) is 4.18. The molecule has 0 amide bonds. The number of H-pyrrole nitrogens is 1. The number of aromatic nitrogens is 1. The average Bonchev–Trinajstić information content (AvgIpc) is 2.96. The Morgan fingerprint density at radius 1 is 1.29 bits per heavy atom. The van der Waals surface area contributed by atoms with Gasteiger partial charge in [0, 0.05) is 17.5 Å². The molecule has 1 aromatic heterocycles. The van der Waals surface area contributed by atoms with Crippen LogP contribution < -0.4 is 9.61 Å². The molecule has 0 atom stereocenters. The highest BCUT2D eigenvalue weighted by atomic mass is 32.1. The lowest BCUT2D eigenvalue weighted by atomic mass is 9.94. The lowest BCUT2D eigenvalue weighted by Gasteiger charge is -2.31. The third-order valence-corrected chi connectivity index (χ3v) is 5.86. The molecule has 1 aliphatic rings. The largest absolute Gasteiger partial charge is 0.496 e. The highest BCUT2D eigenvalue weighted by molar-refractivity contribution is 7.09. The van der Waals surface area contributed by atoms with Gasteiger partial charge in [0.05, 0.1) is 12.8 Å². The number of aromatic amines is 1. The maximum atomic E-state index is 12.0. The monoisotopic (exact) mass is 346 g/mol. The van der Waals surface area contributed by atoms with Gasteiger partial charge in [0.1, 0.15) is 5.75 Å². The van der Waals surface area contributed by atoms with E-state index in [-0.39, 0.29) is 4.87 Å². The van der Waals surface area contributed by atoms with E-state index >= 15 is 0 Å². The van der Waals surface area contributed by atoms with Gasteiger partial charge in [-0.3, -0.25) is 9.69 Å². The van der Waals surface area contributed by atoms with Gasteiger partial charge in [-0.1, -0.05) is 30.6 Å². The van der Waals surface area contributed by atoms with Crippen molar-refractivity contribution >= 4 is 11.3 Å². The van der Waals surface area contributed by atoms with Crippen molar-refractivity contribution in [3.05, 3.63) is 38.3 Å². The summed E-state index contributed by atoms with van der Waals surface area (Å²) in [6, 6.07) is 6.71. The second kappa shape index (κ2) is 7.53. The molecular formula is C19H26N2O2S. The van der Waals surface area contributed by atoms with E-state index in [0.717, 1.165) is 34.0 Å². The fourth-order valence-corrected chi connectivity index (χ4v) is 4.53. The fourth-order valence-electron chi connectivity index (χ4n) is 3.62. The van der Waals surface area contributed by atoms with Crippen LogP contribution in [0.1, 0.15) is 42.5 Å². The van der Waals surface area contributed by atoms with Crippen LogP contribution in [0.25, 0.3) is 11.3 Å². The average molecular weight is 346 g/mol. The molecule has 1 N–H and O–H groups in total. The standard InChI is InChI=1S/C19H26N2O2S/c1-13-11-14(9-10-16(13)23-3)18-17(24-19(22)20-18)12-21(2)15-7-5-4-6-8-15/h9-11,15H,4-8,12H2,1-3H3,(H,20,22). The number of ether oxygens (including phenoxy) is 1. The van der Waals surface area contributed by atoms with E-state index < -0.39 is 0 Å². The molecule has 130 valence electrons. The Morgan fingerprint density at radius 3 is 2.71 bits per heavy atom. The van der Waals surface area contributed by atoms with Crippen LogP contribution in [0.3, 0.4) is 0 Å². The summed E-state index contributed by atoms with van der Waals surface area (Å²) in [7, 11) is 3.86. The number of hydrogen-bond donors (Lipinski definition) is 1. The molecule has 0 spiro atoms. The Bertz CT molecular complexity index is 744. The van der Waals surface area contributed by atoms with E-state index in [2.05, 4.69) is 23.0 Å². The third-order valence-electron chi connectivity index (χ3n) is 5.00. The summed E-state index contributed by atoms with van der Waals surface area (Å²) in [6.07, 6.45) is 6.55. The van der Waals surface area contributed by atoms with E-state index in [4.69, 9.17) is 4.74 Å². The summed E-state index contributed by atoms with van der Waals surface area (Å²) in [4.78, 5) is 18.6. The highest BCUT2D eigenvalue weighted by Gasteiger charge is 2.20. The van der Waals surface area contributed by atoms with Gasteiger partial charge in [-0.05, 0) is 56.1 Å². The summed E-state index contributed by atoms with van der Waals surface area (Å²) >= 11 is 1.33. The molecule has 5 heteroatoms. The lowest BCUT2D eigenvalue weighted by Crippen LogP contribution is -2.32. The number of thiazole rings is 1. The zero-order chi connectivity index (χ0) is 17.1. The zero-order valence-corrected chi connectivity index (χ0v) is 15.5. The summed E-state index contributed by atoms with van der Waals surface area (Å²) in [5.74, 6) is 0.872. The molecule has 24 heavy (non-hydrogen) atoms. The lowest BCUT2D eigenvalue weighted by molar-refractivity contribution is 0.186. The maximum absolute atomic E-state index is 12.0. The molecule has 1 fully saturated rings. The molecule has 1 heterocycles. The van der Waals surface area contributed by atoms with E-state index in [0.29, 0.717) is 6.04 Å². The Kier molecular flexibility index (Phi) is 5.41. The number of nitrogens with one attached hydrogen (secondary N) is 1. The van der Waals surface area contributed by atoms with Crippen molar-refractivity contribution in [2.24, 2.45) is 0 Å². The highest BCUT2D eigenvalue weighted by Crippen LogP contribution is 2.30. The Balaban J connectivity index is 1.85. The summed E-state index contributed by atoms with van der Waals surface area (Å²) in [5.41, 5.74) is 3.09. The first-order chi connectivity index (χ1) is 11.6. The first-order valence-electron chi connectivity index (χ1n) is 8.65. The van der Waals surface area contributed by atoms with Gasteiger partial charge >= 0.3 is 4.87 Å². The minimum absolute atomic E-state index is 0.0190. The normalized spacial score (nSPS) is 15.8. The quantitative estimate of drug-likeness (QED) is 0.883. The van der Waals surface area contributed by atoms with Crippen molar-refractivity contribution in [2.75, 3.05) is 14.2 Å². The molecule has 1 saturated carbocycles. The Labute approximate surface area is 147 Å². The van der Waals surface area contributed by atoms with Gasteiger partial charge < -0.3 is 9.72 Å². The van der Waals surface area contributed by atoms with Crippen LogP contribution in [0.5, 0.6) is 5.75 Å². The minimum atomic E-state index is 0.0190. The van der Waals surface area contributed by atoms with Gasteiger partial charge in [0.2, 0.25) is 0 Å². The van der Waals surface area contributed by atoms with E-state index in [1.165, 1.54) is 43.4 Å². The van der Waals surface area contributed by atoms with E-state index in [9.17, 15) is 4.79 Å². The predicted molar refractivity (Wildman–Crippen MR) is 100 cm³/mol. The maximum Gasteiger partial charge on any atom is 0.305 e. The van der Waals surface area contributed by atoms with Crippen molar-refractivity contribution in [1.82, 2.24) is 9.88 Å². The molecule has 4 nitrogen and oxygen atoms in total. The van der Waals surface area contributed by atoms with Crippen LogP contribution in [-0.2, 0) is 6.54 Å². The van der Waals surface area contributed by atoms with Gasteiger partial charge in [-0.2, -0.15) is 0 Å². The summed E-state index contributed by atoms with van der Waals surface area (Å²) < 4.78 is 5.34. The number of rotatable bonds is 5. The molecule has 0 aliphatic heterocycles. The van der Waals surface area contributed by atoms with E-state index in [1.54, 1.807) is 7.11 Å². The fraction of sp³-hybridized carbons (Fsp3) is 0.526. The van der Waals surface area contributed by atoms with Crippen LogP contribution in [-0.4, -0.2) is 30.1 Å². The van der Waals surface area contributed by atoms with Gasteiger partial charge in [0.25, 0.3) is 0 Å². The minimum Gasteiger partial charge on any atom is -0.496 e. The van der Waals surface area contributed by atoms with Crippen LogP contribution >= 0.6 is 11.3 Å². The smallest absolute Gasteiger partial charge is 0.305 e. The van der Waals surface area contributed by atoms with Gasteiger partial charge in [-0.25, -0.2) is 0 Å². The van der Waals surface area contributed by atoms with Crippen LogP contribution in [0.15, 0.2) is 23.0 Å². The molecule has 1 aromatic carbocycles. The number of methoxy groups -OCH3 is 1. The SMILES string of the molecule is COc1ccc(-c2[nH]c(=O)sc2CN(C)C2CCCCC2)cc1C. The second-order valence-electron chi connectivity index (χ2n) is 6.70. The molecule has 0 bridgehead atoms. The number of benzene rings is 1. The molecular weight excluding hydrogens is 320 g/mol. The number of hydrogen-bond acceptors (Lipinski definition) is 4. The second-order valence-corrected chi connectivity index (χ2v) is 7.77. The van der Waals surface area contributed by atoms with Crippen molar-refractivity contribution in [3.63, 3.8) is 0 Å². The summed E-state index contributed by atoms with van der Waals surface area (Å²) in [6.45, 7) is 2.86. The molecule has 1 aliphatic carbocycles. The van der Waals surface area contributed by atoms with Crippen molar-refractivity contribution < 1.29 is 4.74 Å². The van der Waals surface area contributed by atoms with Crippen molar-refractivity contribution in [1.29, 1.82) is 0 Å². The van der Waals surface area contributed by atoms with Crippen molar-refractivity contribution in [2.45, 2.75) is 51.6 Å². The Morgan fingerprint density at radius 2 is 2.04 bits per heavy atom. The first-order valence-corrected chi connectivity index (χ1v) is 9.47. The molecule has 0 radical (unpaired) electrons. The molecule has 0 unspecified atom stereocenters. The van der Waals surface area contributed by atoms with Crippen LogP contribution in [0.2, 0.25) is 0 Å².